The van der Waals surface area contributed by atoms with Crippen molar-refractivity contribution in [2.75, 3.05) is 25.0 Å². The highest BCUT2D eigenvalue weighted by atomic mass is 32.1. The summed E-state index contributed by atoms with van der Waals surface area (Å²) in [5.41, 5.74) is 4.50. The molecule has 0 aliphatic carbocycles. The molecule has 2 amide bonds. The minimum absolute atomic E-state index is 0.217. The molecule has 4 rings (SSSR count). The number of nitrogens with zero attached hydrogens (tertiary/aromatic N) is 2. The lowest BCUT2D eigenvalue weighted by Gasteiger charge is -2.30. The van der Waals surface area contributed by atoms with Crippen molar-refractivity contribution < 1.29 is 14.3 Å². The molecule has 1 fully saturated rings. The van der Waals surface area contributed by atoms with Crippen LogP contribution in [-0.2, 0) is 11.2 Å². The summed E-state index contributed by atoms with van der Waals surface area (Å²) in [5.74, 6) is 0.0185. The molecule has 2 aromatic carbocycles. The van der Waals surface area contributed by atoms with E-state index >= 15 is 0 Å². The number of thiazole rings is 1. The molecule has 0 unspecified atom stereocenters. The van der Waals surface area contributed by atoms with Gasteiger partial charge in [0.2, 0.25) is 0 Å². The van der Waals surface area contributed by atoms with Crippen LogP contribution in [0.15, 0.2) is 66.6 Å². The predicted molar refractivity (Wildman–Crippen MR) is 136 cm³/mol. The number of hydrogen-bond acceptors (Lipinski definition) is 5. The highest BCUT2D eigenvalue weighted by molar-refractivity contribution is 7.10. The Morgan fingerprint density at radius 2 is 1.91 bits per heavy atom. The summed E-state index contributed by atoms with van der Waals surface area (Å²) in [6.45, 7) is 7.15. The maximum absolute atomic E-state index is 13.0. The molecule has 34 heavy (non-hydrogen) atoms. The first-order chi connectivity index (χ1) is 16.6. The van der Waals surface area contributed by atoms with Crippen molar-refractivity contribution >= 4 is 29.0 Å². The molecule has 1 aliphatic rings. The highest BCUT2D eigenvalue weighted by Crippen LogP contribution is 2.32. The van der Waals surface area contributed by atoms with E-state index in [1.165, 1.54) is 16.9 Å². The van der Waals surface area contributed by atoms with Gasteiger partial charge in [0, 0.05) is 35.6 Å². The molecule has 1 saturated heterocycles. The Hall–Kier alpha value is -3.45. The number of carbonyl (C=O) groups excluding carboxylic acids is 2. The summed E-state index contributed by atoms with van der Waals surface area (Å²) in [7, 11) is 0. The largest absolute Gasteiger partial charge is 0.445 e. The smallest absolute Gasteiger partial charge is 0.410 e. The molecule has 3 aromatic rings. The summed E-state index contributed by atoms with van der Waals surface area (Å²) >= 11 is 1.50. The lowest BCUT2D eigenvalue weighted by molar-refractivity contribution is 0.102. The third-order valence-electron chi connectivity index (χ3n) is 6.03. The Bertz CT molecular complexity index is 1150. The SMILES string of the molecule is C=CCOC(=O)N1CCC(c2nc(C(=O)Nc3ccccc3-c3ccc(CC)cc3)cs2)CC1. The van der Waals surface area contributed by atoms with Gasteiger partial charge in [-0.05, 0) is 36.5 Å². The number of nitrogens with one attached hydrogen (secondary N) is 1. The van der Waals surface area contributed by atoms with Gasteiger partial charge in [-0.2, -0.15) is 0 Å². The second-order valence-electron chi connectivity index (χ2n) is 8.25. The lowest BCUT2D eigenvalue weighted by Crippen LogP contribution is -2.38. The molecule has 7 heteroatoms. The Morgan fingerprint density at radius 3 is 2.62 bits per heavy atom. The summed E-state index contributed by atoms with van der Waals surface area (Å²) in [4.78, 5) is 31.4. The molecular weight excluding hydrogens is 446 g/mol. The zero-order valence-corrected chi connectivity index (χ0v) is 20.1. The minimum atomic E-state index is -0.305. The predicted octanol–water partition coefficient (Wildman–Crippen LogP) is 6.13. The number of benzene rings is 2. The van der Waals surface area contributed by atoms with E-state index in [1.54, 1.807) is 11.0 Å². The Morgan fingerprint density at radius 1 is 1.18 bits per heavy atom. The van der Waals surface area contributed by atoms with Crippen LogP contribution in [0, 0.1) is 0 Å². The number of aryl methyl sites for hydroxylation is 1. The summed E-state index contributed by atoms with van der Waals surface area (Å²) in [6.07, 6.45) is 3.85. The van der Waals surface area contributed by atoms with Crippen LogP contribution in [0.3, 0.4) is 0 Å². The number of likely N-dealkylation sites (tertiary alicyclic amines) is 1. The number of rotatable bonds is 7. The number of aromatic nitrogens is 1. The fourth-order valence-corrected chi connectivity index (χ4v) is 5.03. The van der Waals surface area contributed by atoms with E-state index in [1.807, 2.05) is 29.6 Å². The first kappa shape index (κ1) is 23.7. The summed E-state index contributed by atoms with van der Waals surface area (Å²) < 4.78 is 5.12. The average molecular weight is 476 g/mol. The number of ether oxygens (including phenoxy) is 1. The molecular formula is C27H29N3O3S. The van der Waals surface area contributed by atoms with E-state index in [0.29, 0.717) is 18.8 Å². The van der Waals surface area contributed by atoms with Crippen molar-refractivity contribution in [2.45, 2.75) is 32.1 Å². The normalized spacial score (nSPS) is 14.0. The van der Waals surface area contributed by atoms with E-state index in [0.717, 1.165) is 41.1 Å². The molecule has 0 saturated carbocycles. The van der Waals surface area contributed by atoms with Gasteiger partial charge in [-0.15, -0.1) is 11.3 Å². The first-order valence-electron chi connectivity index (χ1n) is 11.6. The molecule has 0 atom stereocenters. The molecule has 1 aliphatic heterocycles. The second kappa shape index (κ2) is 11.1. The van der Waals surface area contributed by atoms with Crippen LogP contribution >= 0.6 is 11.3 Å². The van der Waals surface area contributed by atoms with Gasteiger partial charge in [-0.1, -0.05) is 62.0 Å². The number of piperidine rings is 1. The van der Waals surface area contributed by atoms with Crippen LogP contribution in [0.25, 0.3) is 11.1 Å². The number of amides is 2. The number of para-hydroxylation sites is 1. The maximum Gasteiger partial charge on any atom is 0.410 e. The Kier molecular flexibility index (Phi) is 7.75. The summed E-state index contributed by atoms with van der Waals surface area (Å²) in [6, 6.07) is 16.2. The van der Waals surface area contributed by atoms with Crippen LogP contribution in [0.1, 0.15) is 46.7 Å². The molecule has 176 valence electrons. The topological polar surface area (TPSA) is 71.5 Å². The fourth-order valence-electron chi connectivity index (χ4n) is 4.06. The number of hydrogen-bond donors (Lipinski definition) is 1. The van der Waals surface area contributed by atoms with Crippen molar-refractivity contribution in [3.05, 3.63) is 82.8 Å². The van der Waals surface area contributed by atoms with E-state index in [9.17, 15) is 9.59 Å². The van der Waals surface area contributed by atoms with E-state index in [4.69, 9.17) is 4.74 Å². The van der Waals surface area contributed by atoms with Gasteiger partial charge in [-0.25, -0.2) is 9.78 Å². The number of carbonyl (C=O) groups is 2. The van der Waals surface area contributed by atoms with Crippen molar-refractivity contribution in [1.82, 2.24) is 9.88 Å². The van der Waals surface area contributed by atoms with Gasteiger partial charge in [0.25, 0.3) is 5.91 Å². The zero-order valence-electron chi connectivity index (χ0n) is 19.3. The van der Waals surface area contributed by atoms with Gasteiger partial charge >= 0.3 is 6.09 Å². The monoisotopic (exact) mass is 475 g/mol. The fraction of sp³-hybridized carbons (Fsp3) is 0.296. The summed E-state index contributed by atoms with van der Waals surface area (Å²) in [5, 5.41) is 5.79. The minimum Gasteiger partial charge on any atom is -0.445 e. The van der Waals surface area contributed by atoms with Gasteiger partial charge in [0.1, 0.15) is 12.3 Å². The third-order valence-corrected chi connectivity index (χ3v) is 7.04. The average Bonchev–Trinajstić information content (AvgIpc) is 3.38. The van der Waals surface area contributed by atoms with Crippen molar-refractivity contribution in [1.29, 1.82) is 0 Å². The first-order valence-corrected chi connectivity index (χ1v) is 12.4. The zero-order chi connectivity index (χ0) is 23.9. The van der Waals surface area contributed by atoms with Gasteiger partial charge in [-0.3, -0.25) is 4.79 Å². The maximum atomic E-state index is 13.0. The van der Waals surface area contributed by atoms with E-state index in [2.05, 4.69) is 48.1 Å². The quantitative estimate of drug-likeness (QED) is 0.418. The third kappa shape index (κ3) is 5.54. The van der Waals surface area contributed by atoms with Crippen molar-refractivity contribution in [3.63, 3.8) is 0 Å². The van der Waals surface area contributed by atoms with Crippen LogP contribution in [0.4, 0.5) is 10.5 Å². The van der Waals surface area contributed by atoms with Gasteiger partial charge in [0.05, 0.1) is 5.01 Å². The van der Waals surface area contributed by atoms with Gasteiger partial charge in [0.15, 0.2) is 0 Å². The lowest BCUT2D eigenvalue weighted by atomic mass is 9.98. The Balaban J connectivity index is 1.40. The molecule has 0 spiro atoms. The highest BCUT2D eigenvalue weighted by Gasteiger charge is 2.27. The molecule has 1 aromatic heterocycles. The van der Waals surface area contributed by atoms with Crippen LogP contribution in [0.2, 0.25) is 0 Å². The Labute approximate surface area is 204 Å². The standard InChI is InChI=1S/C27H29N3O3S/c1-3-17-33-27(32)30-15-13-21(14-16-30)26-29-24(18-34-26)25(31)28-23-8-6-5-7-22(23)20-11-9-19(4-2)10-12-20/h3,5-12,18,21H,1,4,13-17H2,2H3,(H,28,31). The number of anilines is 1. The molecule has 0 bridgehead atoms. The molecule has 1 N–H and O–H groups in total. The second-order valence-corrected chi connectivity index (χ2v) is 9.14. The van der Waals surface area contributed by atoms with Crippen LogP contribution in [0.5, 0.6) is 0 Å². The van der Waals surface area contributed by atoms with Gasteiger partial charge < -0.3 is 15.0 Å². The van der Waals surface area contributed by atoms with E-state index < -0.39 is 0 Å². The van der Waals surface area contributed by atoms with E-state index in [-0.39, 0.29) is 24.5 Å². The molecule has 2 heterocycles. The van der Waals surface area contributed by atoms with Crippen LogP contribution < -0.4 is 5.32 Å². The van der Waals surface area contributed by atoms with Crippen molar-refractivity contribution in [2.24, 2.45) is 0 Å². The molecule has 6 nitrogen and oxygen atoms in total. The van der Waals surface area contributed by atoms with Crippen molar-refractivity contribution in [3.8, 4) is 11.1 Å². The van der Waals surface area contributed by atoms with Crippen LogP contribution in [-0.4, -0.2) is 41.6 Å². The molecule has 0 radical (unpaired) electrons.